The number of benzene rings is 3. The highest BCUT2D eigenvalue weighted by Crippen LogP contribution is 2.43. The summed E-state index contributed by atoms with van der Waals surface area (Å²) in [6, 6.07) is 27.3. The van der Waals surface area contributed by atoms with Gasteiger partial charge < -0.3 is 5.32 Å². The summed E-state index contributed by atoms with van der Waals surface area (Å²) in [5, 5.41) is 17.8. The van der Waals surface area contributed by atoms with Gasteiger partial charge in [0.05, 0.1) is 26.7 Å². The molecule has 0 radical (unpaired) electrons. The Balaban J connectivity index is 1.53. The van der Waals surface area contributed by atoms with Gasteiger partial charge in [0.1, 0.15) is 22.5 Å². The predicted molar refractivity (Wildman–Crippen MR) is 155 cm³/mol. The van der Waals surface area contributed by atoms with Crippen LogP contribution in [-0.4, -0.2) is 26.8 Å². The van der Waals surface area contributed by atoms with E-state index < -0.39 is 11.2 Å². The van der Waals surface area contributed by atoms with E-state index >= 15 is 0 Å². The summed E-state index contributed by atoms with van der Waals surface area (Å²) in [7, 11) is 0. The molecule has 0 saturated carbocycles. The molecular weight excluding hydrogens is 553 g/mol. The maximum Gasteiger partial charge on any atom is 0.270 e. The molecular formula is C29H21Cl2N5O2S. The van der Waals surface area contributed by atoms with Crippen molar-refractivity contribution in [1.29, 1.82) is 5.26 Å². The first kappa shape index (κ1) is 26.6. The molecule has 0 spiro atoms. The van der Waals surface area contributed by atoms with E-state index in [-0.39, 0.29) is 22.9 Å². The standard InChI is InChI=1S/C29H21Cl2N5O2S/c1-18-15-25(36(34-18)21-12-6-3-7-13-21)33-27(37)22(17-32)29-35(20-10-4-2-5-11-20)28(38)24(39-29)16-19-9-8-14-23(30)26(19)31/h2-15,24H,16H2,1H3,(H,33,37). The van der Waals surface area contributed by atoms with Crippen molar-refractivity contribution in [3.05, 3.63) is 117 Å². The minimum atomic E-state index is -0.646. The van der Waals surface area contributed by atoms with Gasteiger partial charge in [0.15, 0.2) is 0 Å². The quantitative estimate of drug-likeness (QED) is 0.208. The van der Waals surface area contributed by atoms with Crippen LogP contribution in [-0.2, 0) is 16.0 Å². The lowest BCUT2D eigenvalue weighted by atomic mass is 10.1. The summed E-state index contributed by atoms with van der Waals surface area (Å²) in [5.74, 6) is -0.505. The first-order valence-corrected chi connectivity index (χ1v) is 13.6. The average Bonchev–Trinajstić information content (AvgIpc) is 3.46. The molecule has 10 heteroatoms. The zero-order valence-corrected chi connectivity index (χ0v) is 23.0. The second kappa shape index (κ2) is 11.4. The van der Waals surface area contributed by atoms with Crippen molar-refractivity contribution in [3.8, 4) is 11.8 Å². The number of hydrogen-bond donors (Lipinski definition) is 1. The highest BCUT2D eigenvalue weighted by Gasteiger charge is 2.41. The molecule has 0 aliphatic carbocycles. The molecule has 194 valence electrons. The molecule has 1 aromatic heterocycles. The van der Waals surface area contributed by atoms with Gasteiger partial charge in [-0.2, -0.15) is 10.4 Å². The van der Waals surface area contributed by atoms with Crippen LogP contribution in [0, 0.1) is 18.3 Å². The number of carbonyl (C=O) groups excluding carboxylic acids is 2. The summed E-state index contributed by atoms with van der Waals surface area (Å²) in [6.07, 6.45) is 0.274. The smallest absolute Gasteiger partial charge is 0.270 e. The van der Waals surface area contributed by atoms with Crippen LogP contribution in [0.2, 0.25) is 10.0 Å². The fourth-order valence-electron chi connectivity index (χ4n) is 4.24. The number of anilines is 2. The van der Waals surface area contributed by atoms with E-state index in [1.807, 2.05) is 55.5 Å². The summed E-state index contributed by atoms with van der Waals surface area (Å²) >= 11 is 13.8. The van der Waals surface area contributed by atoms with Crippen molar-refractivity contribution >= 4 is 58.3 Å². The van der Waals surface area contributed by atoms with Gasteiger partial charge in [-0.15, -0.1) is 0 Å². The molecule has 2 amide bonds. The van der Waals surface area contributed by atoms with Gasteiger partial charge in [-0.1, -0.05) is 83.5 Å². The van der Waals surface area contributed by atoms with Crippen molar-refractivity contribution in [2.75, 3.05) is 10.2 Å². The zero-order valence-electron chi connectivity index (χ0n) is 20.6. The monoisotopic (exact) mass is 573 g/mol. The minimum Gasteiger partial charge on any atom is -0.306 e. The third-order valence-electron chi connectivity index (χ3n) is 6.03. The number of hydrogen-bond acceptors (Lipinski definition) is 5. The first-order valence-electron chi connectivity index (χ1n) is 11.9. The Morgan fingerprint density at radius 3 is 2.36 bits per heavy atom. The topological polar surface area (TPSA) is 91.0 Å². The maximum absolute atomic E-state index is 13.7. The summed E-state index contributed by atoms with van der Waals surface area (Å²) < 4.78 is 1.60. The highest BCUT2D eigenvalue weighted by molar-refractivity contribution is 8.05. The number of nitrogens with one attached hydrogen (secondary N) is 1. The van der Waals surface area contributed by atoms with E-state index in [1.54, 1.807) is 47.1 Å². The van der Waals surface area contributed by atoms with Gasteiger partial charge in [-0.25, -0.2) is 4.68 Å². The van der Waals surface area contributed by atoms with Crippen LogP contribution in [0.1, 0.15) is 11.3 Å². The lowest BCUT2D eigenvalue weighted by Crippen LogP contribution is -2.31. The molecule has 1 atom stereocenters. The number of amides is 2. The molecule has 1 saturated heterocycles. The fourth-order valence-corrected chi connectivity index (χ4v) is 5.93. The lowest BCUT2D eigenvalue weighted by Gasteiger charge is -2.18. The average molecular weight is 574 g/mol. The fraction of sp³-hybridized carbons (Fsp3) is 0.103. The predicted octanol–water partition coefficient (Wildman–Crippen LogP) is 6.55. The van der Waals surface area contributed by atoms with E-state index in [2.05, 4.69) is 10.4 Å². The first-order chi connectivity index (χ1) is 18.9. The number of para-hydroxylation sites is 2. The molecule has 1 aliphatic heterocycles. The van der Waals surface area contributed by atoms with Gasteiger partial charge >= 0.3 is 0 Å². The molecule has 5 rings (SSSR count). The number of aryl methyl sites for hydroxylation is 1. The summed E-state index contributed by atoms with van der Waals surface area (Å²) in [6.45, 7) is 1.81. The molecule has 7 nitrogen and oxygen atoms in total. The second-order valence-corrected chi connectivity index (χ2v) is 10.7. The Morgan fingerprint density at radius 2 is 1.69 bits per heavy atom. The van der Waals surface area contributed by atoms with Crippen molar-refractivity contribution in [2.24, 2.45) is 0 Å². The molecule has 1 fully saturated rings. The van der Waals surface area contributed by atoms with Crippen LogP contribution in [0.25, 0.3) is 5.69 Å². The maximum atomic E-state index is 13.7. The molecule has 1 aliphatic rings. The Kier molecular flexibility index (Phi) is 7.75. The number of aromatic nitrogens is 2. The molecule has 1 unspecified atom stereocenters. The highest BCUT2D eigenvalue weighted by atomic mass is 35.5. The van der Waals surface area contributed by atoms with Gasteiger partial charge in [-0.05, 0) is 49.2 Å². The van der Waals surface area contributed by atoms with Gasteiger partial charge in [0.2, 0.25) is 5.91 Å². The zero-order chi connectivity index (χ0) is 27.5. The number of halogens is 2. The van der Waals surface area contributed by atoms with Crippen LogP contribution in [0.3, 0.4) is 0 Å². The number of rotatable bonds is 6. The van der Waals surface area contributed by atoms with Crippen molar-refractivity contribution in [3.63, 3.8) is 0 Å². The minimum absolute atomic E-state index is 0.185. The Morgan fingerprint density at radius 1 is 1.03 bits per heavy atom. The SMILES string of the molecule is Cc1cc(NC(=O)C(C#N)=C2SC(Cc3cccc(Cl)c3Cl)C(=O)N2c2ccccc2)n(-c2ccccc2)n1. The van der Waals surface area contributed by atoms with Gasteiger partial charge in [0.25, 0.3) is 5.91 Å². The number of nitrogens with zero attached hydrogens (tertiary/aromatic N) is 4. The molecule has 4 aromatic rings. The van der Waals surface area contributed by atoms with Crippen LogP contribution in [0.15, 0.2) is 95.5 Å². The van der Waals surface area contributed by atoms with Crippen molar-refractivity contribution in [1.82, 2.24) is 9.78 Å². The van der Waals surface area contributed by atoms with Gasteiger partial charge in [-0.3, -0.25) is 14.5 Å². The molecule has 2 heterocycles. The van der Waals surface area contributed by atoms with E-state index in [9.17, 15) is 14.9 Å². The molecule has 3 aromatic carbocycles. The summed E-state index contributed by atoms with van der Waals surface area (Å²) in [5.41, 5.74) is 2.51. The van der Waals surface area contributed by atoms with Crippen LogP contribution in [0.5, 0.6) is 0 Å². The normalized spacial score (nSPS) is 16.2. The Labute approximate surface area is 239 Å². The van der Waals surface area contributed by atoms with Crippen molar-refractivity contribution in [2.45, 2.75) is 18.6 Å². The van der Waals surface area contributed by atoms with Crippen LogP contribution in [0.4, 0.5) is 11.5 Å². The Hall–Kier alpha value is -4.03. The number of thioether (sulfide) groups is 1. The largest absolute Gasteiger partial charge is 0.306 e. The Bertz CT molecular complexity index is 1630. The van der Waals surface area contributed by atoms with E-state index in [1.165, 1.54) is 4.90 Å². The third kappa shape index (κ3) is 5.43. The van der Waals surface area contributed by atoms with E-state index in [4.69, 9.17) is 23.2 Å². The second-order valence-electron chi connectivity index (χ2n) is 8.70. The molecule has 1 N–H and O–H groups in total. The third-order valence-corrected chi connectivity index (χ3v) is 8.15. The number of nitriles is 1. The summed E-state index contributed by atoms with van der Waals surface area (Å²) in [4.78, 5) is 28.7. The lowest BCUT2D eigenvalue weighted by molar-refractivity contribution is -0.117. The molecule has 39 heavy (non-hydrogen) atoms. The molecule has 0 bridgehead atoms. The van der Waals surface area contributed by atoms with E-state index in [0.717, 1.165) is 17.4 Å². The van der Waals surface area contributed by atoms with Crippen LogP contribution < -0.4 is 10.2 Å². The van der Waals surface area contributed by atoms with Crippen molar-refractivity contribution < 1.29 is 9.59 Å². The van der Waals surface area contributed by atoms with E-state index in [0.29, 0.717) is 32.8 Å². The number of carbonyl (C=O) groups is 2. The van der Waals surface area contributed by atoms with Gasteiger partial charge in [0, 0.05) is 11.8 Å². The van der Waals surface area contributed by atoms with Crippen LogP contribution >= 0.6 is 35.0 Å².